The van der Waals surface area contributed by atoms with Gasteiger partial charge in [0.05, 0.1) is 7.11 Å². The van der Waals surface area contributed by atoms with Gasteiger partial charge in [-0.1, -0.05) is 12.1 Å². The number of benzene rings is 1. The average Bonchev–Trinajstić information content (AvgIpc) is 2.84. The molecule has 114 valence electrons. The minimum atomic E-state index is -0.474. The fraction of sp³-hybridized carbons (Fsp3) is 0.294. The van der Waals surface area contributed by atoms with Crippen LogP contribution in [0.5, 0.6) is 0 Å². The molecule has 1 N–H and O–H groups in total. The number of hydrogen-bond acceptors (Lipinski definition) is 3. The Morgan fingerprint density at radius 3 is 2.59 bits per heavy atom. The molecule has 1 heterocycles. The van der Waals surface area contributed by atoms with Gasteiger partial charge in [0, 0.05) is 17.7 Å². The molecule has 0 amide bonds. The summed E-state index contributed by atoms with van der Waals surface area (Å²) in [5.74, 6) is -0.781. The van der Waals surface area contributed by atoms with Gasteiger partial charge < -0.3 is 9.72 Å². The largest absolute Gasteiger partial charge is 0.464 e. The zero-order valence-corrected chi connectivity index (χ0v) is 12.4. The van der Waals surface area contributed by atoms with Crippen molar-refractivity contribution < 1.29 is 18.7 Å². The summed E-state index contributed by atoms with van der Waals surface area (Å²) in [6.45, 7) is 1.75. The zero-order valence-electron chi connectivity index (χ0n) is 12.4. The Morgan fingerprint density at radius 2 is 1.95 bits per heavy atom. The van der Waals surface area contributed by atoms with Crippen LogP contribution in [0.2, 0.25) is 0 Å². The van der Waals surface area contributed by atoms with Gasteiger partial charge in [0.2, 0.25) is 0 Å². The molecule has 0 aliphatic heterocycles. The van der Waals surface area contributed by atoms with E-state index in [2.05, 4.69) is 4.98 Å². The number of fused-ring (bicyclic) bond motifs is 1. The fourth-order valence-corrected chi connectivity index (χ4v) is 3.11. The van der Waals surface area contributed by atoms with Crippen molar-refractivity contribution in [3.05, 3.63) is 58.2 Å². The number of aromatic amines is 1. The molecule has 0 radical (unpaired) electrons. The van der Waals surface area contributed by atoms with Gasteiger partial charge in [-0.15, -0.1) is 0 Å². The molecule has 0 spiro atoms. The summed E-state index contributed by atoms with van der Waals surface area (Å²) in [6.07, 6.45) is 0.975. The van der Waals surface area contributed by atoms with E-state index in [4.69, 9.17) is 4.74 Å². The number of nitrogens with one attached hydrogen (secondary N) is 1. The maximum atomic E-state index is 13.0. The van der Waals surface area contributed by atoms with Crippen LogP contribution in [-0.4, -0.2) is 23.8 Å². The molecule has 1 aromatic heterocycles. The van der Waals surface area contributed by atoms with E-state index in [-0.39, 0.29) is 17.5 Å². The molecule has 22 heavy (non-hydrogen) atoms. The highest BCUT2D eigenvalue weighted by atomic mass is 19.1. The molecule has 1 aromatic carbocycles. The number of carbonyl (C=O) groups excluding carboxylic acids is 2. The van der Waals surface area contributed by atoms with Crippen LogP contribution >= 0.6 is 0 Å². The highest BCUT2D eigenvalue weighted by Gasteiger charge is 2.32. The van der Waals surface area contributed by atoms with Gasteiger partial charge in [-0.2, -0.15) is 0 Å². The highest BCUT2D eigenvalue weighted by Crippen LogP contribution is 2.35. The third kappa shape index (κ3) is 2.32. The van der Waals surface area contributed by atoms with Crippen molar-refractivity contribution in [2.75, 3.05) is 7.11 Å². The Balaban J connectivity index is 1.97. The lowest BCUT2D eigenvalue weighted by Gasteiger charge is -2.22. The van der Waals surface area contributed by atoms with Crippen molar-refractivity contribution in [2.24, 2.45) is 0 Å². The summed E-state index contributed by atoms with van der Waals surface area (Å²) in [4.78, 5) is 27.2. The first-order valence-corrected chi connectivity index (χ1v) is 7.09. The summed E-state index contributed by atoms with van der Waals surface area (Å²) in [5, 5.41) is 0. The van der Waals surface area contributed by atoms with E-state index >= 15 is 0 Å². The number of H-pyrrole nitrogens is 1. The van der Waals surface area contributed by atoms with Crippen molar-refractivity contribution >= 4 is 11.8 Å². The van der Waals surface area contributed by atoms with Gasteiger partial charge in [0.25, 0.3) is 0 Å². The number of rotatable bonds is 2. The minimum absolute atomic E-state index is 0.000483. The van der Waals surface area contributed by atoms with E-state index in [0.29, 0.717) is 29.7 Å². The average molecular weight is 301 g/mol. The van der Waals surface area contributed by atoms with Crippen LogP contribution in [0.1, 0.15) is 50.0 Å². The molecule has 1 atom stereocenters. The summed E-state index contributed by atoms with van der Waals surface area (Å²) in [7, 11) is 1.31. The Bertz CT molecular complexity index is 746. The number of methoxy groups -OCH3 is 1. The lowest BCUT2D eigenvalue weighted by molar-refractivity contribution is 0.0593. The van der Waals surface area contributed by atoms with Crippen molar-refractivity contribution in [1.29, 1.82) is 0 Å². The van der Waals surface area contributed by atoms with Crippen LogP contribution in [0.15, 0.2) is 24.3 Å². The molecule has 0 saturated heterocycles. The van der Waals surface area contributed by atoms with E-state index in [9.17, 15) is 14.0 Å². The molecular weight excluding hydrogens is 285 g/mol. The number of ether oxygens (including phenoxy) is 1. The highest BCUT2D eigenvalue weighted by molar-refractivity contribution is 6.03. The predicted molar refractivity (Wildman–Crippen MR) is 78.7 cm³/mol. The second kappa shape index (κ2) is 5.40. The first-order valence-electron chi connectivity index (χ1n) is 7.09. The van der Waals surface area contributed by atoms with Crippen molar-refractivity contribution in [2.45, 2.75) is 25.7 Å². The molecule has 5 heteroatoms. The van der Waals surface area contributed by atoms with E-state index < -0.39 is 5.97 Å². The van der Waals surface area contributed by atoms with Gasteiger partial charge in [-0.3, -0.25) is 4.79 Å². The Labute approximate surface area is 127 Å². The smallest absolute Gasteiger partial charge is 0.354 e. The van der Waals surface area contributed by atoms with E-state index in [1.165, 1.54) is 19.2 Å². The fourth-order valence-electron chi connectivity index (χ4n) is 3.11. The summed E-state index contributed by atoms with van der Waals surface area (Å²) in [5.41, 5.74) is 3.25. The third-order valence-electron chi connectivity index (χ3n) is 4.22. The van der Waals surface area contributed by atoms with Crippen LogP contribution in [0.25, 0.3) is 0 Å². The van der Waals surface area contributed by atoms with Crippen LogP contribution < -0.4 is 0 Å². The Morgan fingerprint density at radius 1 is 1.27 bits per heavy atom. The van der Waals surface area contributed by atoms with Gasteiger partial charge in [-0.25, -0.2) is 9.18 Å². The first-order chi connectivity index (χ1) is 10.5. The van der Waals surface area contributed by atoms with Crippen LogP contribution in [0, 0.1) is 12.7 Å². The molecule has 0 fully saturated rings. The second-order valence-electron chi connectivity index (χ2n) is 5.55. The lowest BCUT2D eigenvalue weighted by atomic mass is 9.81. The molecule has 1 unspecified atom stereocenters. The summed E-state index contributed by atoms with van der Waals surface area (Å²) in [6, 6.07) is 6.20. The lowest BCUT2D eigenvalue weighted by Crippen LogP contribution is -2.18. The third-order valence-corrected chi connectivity index (χ3v) is 4.22. The summed E-state index contributed by atoms with van der Waals surface area (Å²) < 4.78 is 17.8. The van der Waals surface area contributed by atoms with Crippen LogP contribution in [0.4, 0.5) is 4.39 Å². The Hall–Kier alpha value is -2.43. The maximum Gasteiger partial charge on any atom is 0.354 e. The molecule has 0 bridgehead atoms. The van der Waals surface area contributed by atoms with Crippen molar-refractivity contribution in [1.82, 2.24) is 4.98 Å². The number of aromatic nitrogens is 1. The minimum Gasteiger partial charge on any atom is -0.464 e. The molecule has 3 rings (SSSR count). The predicted octanol–water partition coefficient (Wildman–Crippen LogP) is 3.16. The zero-order chi connectivity index (χ0) is 15.9. The molecule has 1 aliphatic carbocycles. The quantitative estimate of drug-likeness (QED) is 0.867. The number of esters is 1. The van der Waals surface area contributed by atoms with E-state index in [1.54, 1.807) is 19.1 Å². The van der Waals surface area contributed by atoms with Crippen molar-refractivity contribution in [3.63, 3.8) is 0 Å². The standard InChI is InChI=1S/C17H16FNO3/c1-9-15-13(19-16(9)17(21)22-2)7-11(8-14(15)20)10-3-5-12(18)6-4-10/h3-6,11,19H,7-8H2,1-2H3. The van der Waals surface area contributed by atoms with Crippen LogP contribution in [-0.2, 0) is 11.2 Å². The molecule has 2 aromatic rings. The maximum absolute atomic E-state index is 13.0. The molecular formula is C17H16FNO3. The molecule has 1 aliphatic rings. The number of Topliss-reactive ketones (excluding diaryl/α,β-unsaturated/α-hetero) is 1. The number of halogens is 1. The van der Waals surface area contributed by atoms with Gasteiger partial charge in [0.15, 0.2) is 5.78 Å². The second-order valence-corrected chi connectivity index (χ2v) is 5.55. The monoisotopic (exact) mass is 301 g/mol. The number of ketones is 1. The van der Waals surface area contributed by atoms with Gasteiger partial charge in [-0.05, 0) is 42.5 Å². The van der Waals surface area contributed by atoms with Crippen molar-refractivity contribution in [3.8, 4) is 0 Å². The normalized spacial score (nSPS) is 17.2. The number of carbonyl (C=O) groups is 2. The molecule has 4 nitrogen and oxygen atoms in total. The van der Waals surface area contributed by atoms with Gasteiger partial charge in [0.1, 0.15) is 11.5 Å². The topological polar surface area (TPSA) is 59.2 Å². The van der Waals surface area contributed by atoms with Crippen LogP contribution in [0.3, 0.4) is 0 Å². The Kier molecular flexibility index (Phi) is 3.56. The summed E-state index contributed by atoms with van der Waals surface area (Å²) >= 11 is 0. The van der Waals surface area contributed by atoms with Gasteiger partial charge >= 0.3 is 5.97 Å². The number of hydrogen-bond donors (Lipinski definition) is 1. The SMILES string of the molecule is COC(=O)c1[nH]c2c(c1C)C(=O)CC(c1ccc(F)cc1)C2. The first kappa shape index (κ1) is 14.5. The molecule has 0 saturated carbocycles. The van der Waals surface area contributed by atoms with E-state index in [0.717, 1.165) is 11.3 Å². The van der Waals surface area contributed by atoms with E-state index in [1.807, 2.05) is 0 Å².